The summed E-state index contributed by atoms with van der Waals surface area (Å²) >= 11 is 0. The molecule has 0 aliphatic carbocycles. The van der Waals surface area contributed by atoms with Gasteiger partial charge in [0, 0.05) is 5.56 Å². The molecule has 2 aromatic carbocycles. The van der Waals surface area contributed by atoms with Crippen LogP contribution in [-0.2, 0) is 0 Å². The van der Waals surface area contributed by atoms with Crippen molar-refractivity contribution in [3.8, 4) is 23.1 Å². The number of nitriles is 1. The van der Waals surface area contributed by atoms with Gasteiger partial charge < -0.3 is 5.73 Å². The number of anilines is 1. The highest BCUT2D eigenvalue weighted by molar-refractivity contribution is 5.59. The molecule has 0 spiro atoms. The van der Waals surface area contributed by atoms with Crippen LogP contribution in [0.25, 0.3) is 17.1 Å². The molecule has 1 aromatic heterocycles. The van der Waals surface area contributed by atoms with E-state index >= 15 is 0 Å². The fourth-order valence-corrected chi connectivity index (χ4v) is 1.87. The third-order valence-electron chi connectivity index (χ3n) is 3.01. The van der Waals surface area contributed by atoms with Crippen molar-refractivity contribution in [2.24, 2.45) is 0 Å². The van der Waals surface area contributed by atoms with Crippen LogP contribution in [0, 0.1) is 17.1 Å². The van der Waals surface area contributed by atoms with Crippen LogP contribution in [0.4, 0.5) is 10.1 Å². The number of aromatic nitrogens is 3. The topological polar surface area (TPSA) is 80.5 Å². The monoisotopic (exact) mass is 279 g/mol. The van der Waals surface area contributed by atoms with Crippen molar-refractivity contribution in [1.82, 2.24) is 14.8 Å². The second kappa shape index (κ2) is 5.06. The summed E-state index contributed by atoms with van der Waals surface area (Å²) in [6.07, 6.45) is 1.53. The predicted molar refractivity (Wildman–Crippen MR) is 75.9 cm³/mol. The van der Waals surface area contributed by atoms with E-state index in [4.69, 9.17) is 11.0 Å². The summed E-state index contributed by atoms with van der Waals surface area (Å²) in [6.45, 7) is 0. The molecule has 0 fully saturated rings. The maximum atomic E-state index is 13.5. The molecule has 102 valence electrons. The van der Waals surface area contributed by atoms with Gasteiger partial charge in [0.2, 0.25) is 0 Å². The van der Waals surface area contributed by atoms with Crippen LogP contribution >= 0.6 is 0 Å². The summed E-state index contributed by atoms with van der Waals surface area (Å²) in [5.41, 5.74) is 7.42. The fraction of sp³-hybridized carbons (Fsp3) is 0. The highest BCUT2D eigenvalue weighted by Gasteiger charge is 2.08. The van der Waals surface area contributed by atoms with Gasteiger partial charge in [0.15, 0.2) is 5.82 Å². The highest BCUT2D eigenvalue weighted by Crippen LogP contribution is 2.20. The van der Waals surface area contributed by atoms with Crippen LogP contribution in [0.5, 0.6) is 0 Å². The number of rotatable bonds is 2. The Morgan fingerprint density at radius 1 is 1.14 bits per heavy atom. The van der Waals surface area contributed by atoms with Gasteiger partial charge in [-0.15, -0.1) is 5.10 Å². The molecule has 0 radical (unpaired) electrons. The number of hydrogen-bond donors (Lipinski definition) is 1. The number of hydrogen-bond acceptors (Lipinski definition) is 4. The van der Waals surface area contributed by atoms with Crippen LogP contribution < -0.4 is 5.73 Å². The van der Waals surface area contributed by atoms with Crippen molar-refractivity contribution in [3.05, 3.63) is 60.2 Å². The second-order valence-electron chi connectivity index (χ2n) is 4.41. The van der Waals surface area contributed by atoms with Crippen molar-refractivity contribution in [1.29, 1.82) is 5.26 Å². The Bertz CT molecular complexity index is 830. The van der Waals surface area contributed by atoms with Gasteiger partial charge in [0.1, 0.15) is 12.1 Å². The zero-order chi connectivity index (χ0) is 14.8. The molecule has 0 saturated carbocycles. The SMILES string of the molecule is N#Cc1ccc(-n2cnc(-c3ccc(N)c(F)c3)n2)cc1. The van der Waals surface area contributed by atoms with E-state index in [-0.39, 0.29) is 5.69 Å². The Morgan fingerprint density at radius 2 is 1.90 bits per heavy atom. The average molecular weight is 279 g/mol. The van der Waals surface area contributed by atoms with E-state index in [0.29, 0.717) is 17.0 Å². The largest absolute Gasteiger partial charge is 0.396 e. The van der Waals surface area contributed by atoms with Gasteiger partial charge in [0.25, 0.3) is 0 Å². The molecule has 0 atom stereocenters. The summed E-state index contributed by atoms with van der Waals surface area (Å²) in [5.74, 6) is -0.0968. The van der Waals surface area contributed by atoms with Gasteiger partial charge in [-0.3, -0.25) is 0 Å². The standard InChI is InChI=1S/C15H10FN5/c16-13-7-11(3-6-14(13)18)15-19-9-21(20-15)12-4-1-10(8-17)2-5-12/h1-7,9H,18H2. The van der Waals surface area contributed by atoms with E-state index in [1.165, 1.54) is 18.5 Å². The Labute approximate surface area is 120 Å². The third-order valence-corrected chi connectivity index (χ3v) is 3.01. The van der Waals surface area contributed by atoms with E-state index in [9.17, 15) is 4.39 Å². The molecule has 6 heteroatoms. The van der Waals surface area contributed by atoms with Crippen molar-refractivity contribution < 1.29 is 4.39 Å². The number of nitrogen functional groups attached to an aromatic ring is 1. The van der Waals surface area contributed by atoms with Crippen LogP contribution in [0.1, 0.15) is 5.56 Å². The molecular weight excluding hydrogens is 269 g/mol. The molecular formula is C15H10FN5. The molecule has 0 bridgehead atoms. The Kier molecular flexibility index (Phi) is 3.09. The lowest BCUT2D eigenvalue weighted by Gasteiger charge is -2.00. The molecule has 3 aromatic rings. The molecule has 0 unspecified atom stereocenters. The molecule has 3 rings (SSSR count). The van der Waals surface area contributed by atoms with E-state index in [1.54, 1.807) is 35.0 Å². The first-order chi connectivity index (χ1) is 10.2. The Morgan fingerprint density at radius 3 is 2.57 bits per heavy atom. The molecule has 5 nitrogen and oxygen atoms in total. The third kappa shape index (κ3) is 2.44. The van der Waals surface area contributed by atoms with Gasteiger partial charge in [-0.05, 0) is 42.5 Å². The minimum absolute atomic E-state index is 0.0882. The van der Waals surface area contributed by atoms with E-state index < -0.39 is 5.82 Å². The summed E-state index contributed by atoms with van der Waals surface area (Å²) in [6, 6.07) is 13.4. The minimum Gasteiger partial charge on any atom is -0.396 e. The zero-order valence-electron chi connectivity index (χ0n) is 10.9. The van der Waals surface area contributed by atoms with E-state index in [2.05, 4.69) is 10.1 Å². The average Bonchev–Trinajstić information content (AvgIpc) is 3.00. The summed E-state index contributed by atoms with van der Waals surface area (Å²) in [5, 5.41) is 13.1. The fourth-order valence-electron chi connectivity index (χ4n) is 1.87. The number of nitrogens with zero attached hydrogens (tertiary/aromatic N) is 4. The molecule has 21 heavy (non-hydrogen) atoms. The van der Waals surface area contributed by atoms with Crippen molar-refractivity contribution >= 4 is 5.69 Å². The normalized spacial score (nSPS) is 10.3. The van der Waals surface area contributed by atoms with E-state index in [0.717, 1.165) is 5.69 Å². The first-order valence-electron chi connectivity index (χ1n) is 6.15. The molecule has 0 aliphatic rings. The lowest BCUT2D eigenvalue weighted by Crippen LogP contribution is -1.95. The summed E-state index contributed by atoms with van der Waals surface area (Å²) in [7, 11) is 0. The molecule has 2 N–H and O–H groups in total. The predicted octanol–water partition coefficient (Wildman–Crippen LogP) is 2.53. The van der Waals surface area contributed by atoms with Crippen molar-refractivity contribution in [3.63, 3.8) is 0 Å². The van der Waals surface area contributed by atoms with Gasteiger partial charge in [0.05, 0.1) is 23.0 Å². The number of benzene rings is 2. The maximum Gasteiger partial charge on any atom is 0.181 e. The molecule has 0 amide bonds. The minimum atomic E-state index is -0.498. The number of halogens is 1. The summed E-state index contributed by atoms with van der Waals surface area (Å²) < 4.78 is 15.0. The first kappa shape index (κ1) is 12.8. The van der Waals surface area contributed by atoms with E-state index in [1.807, 2.05) is 6.07 Å². The van der Waals surface area contributed by atoms with Gasteiger partial charge in [-0.25, -0.2) is 14.1 Å². The number of nitrogens with two attached hydrogens (primary N) is 1. The van der Waals surface area contributed by atoms with Gasteiger partial charge in [-0.2, -0.15) is 5.26 Å². The van der Waals surface area contributed by atoms with Crippen LogP contribution in [0.15, 0.2) is 48.8 Å². The molecule has 0 saturated heterocycles. The first-order valence-corrected chi connectivity index (χ1v) is 6.15. The second-order valence-corrected chi connectivity index (χ2v) is 4.41. The van der Waals surface area contributed by atoms with Gasteiger partial charge >= 0.3 is 0 Å². The highest BCUT2D eigenvalue weighted by atomic mass is 19.1. The Balaban J connectivity index is 1.95. The smallest absolute Gasteiger partial charge is 0.181 e. The summed E-state index contributed by atoms with van der Waals surface area (Å²) in [4.78, 5) is 4.16. The van der Waals surface area contributed by atoms with Crippen LogP contribution in [-0.4, -0.2) is 14.8 Å². The van der Waals surface area contributed by atoms with Crippen LogP contribution in [0.3, 0.4) is 0 Å². The van der Waals surface area contributed by atoms with Crippen LogP contribution in [0.2, 0.25) is 0 Å². The van der Waals surface area contributed by atoms with Crippen molar-refractivity contribution in [2.45, 2.75) is 0 Å². The molecule has 0 aliphatic heterocycles. The maximum absolute atomic E-state index is 13.5. The lowest BCUT2D eigenvalue weighted by molar-refractivity contribution is 0.633. The van der Waals surface area contributed by atoms with Crippen molar-refractivity contribution in [2.75, 3.05) is 5.73 Å². The quantitative estimate of drug-likeness (QED) is 0.731. The molecule has 1 heterocycles. The lowest BCUT2D eigenvalue weighted by atomic mass is 10.2. The Hall–Kier alpha value is -3.20. The van der Waals surface area contributed by atoms with Gasteiger partial charge in [-0.1, -0.05) is 0 Å². The zero-order valence-corrected chi connectivity index (χ0v) is 10.9.